The van der Waals surface area contributed by atoms with E-state index in [1.165, 1.54) is 0 Å². The minimum atomic E-state index is 0.254. The highest BCUT2D eigenvalue weighted by atomic mass is 32.2. The molecule has 0 saturated carbocycles. The summed E-state index contributed by atoms with van der Waals surface area (Å²) in [5, 5.41) is 4.37. The van der Waals surface area contributed by atoms with Gasteiger partial charge in [0.15, 0.2) is 0 Å². The van der Waals surface area contributed by atoms with E-state index in [0.29, 0.717) is 6.04 Å². The largest absolute Gasteiger partial charge is 0.440 e. The molecular weight excluding hydrogens is 232 g/mol. The van der Waals surface area contributed by atoms with Crippen LogP contribution in [0.5, 0.6) is 0 Å². The quantitative estimate of drug-likeness (QED) is 0.791. The van der Waals surface area contributed by atoms with Crippen molar-refractivity contribution in [2.75, 3.05) is 12.3 Å². The lowest BCUT2D eigenvalue weighted by molar-refractivity contribution is 0.291. The first kappa shape index (κ1) is 14.6. The van der Waals surface area contributed by atoms with E-state index in [1.54, 1.807) is 18.0 Å². The molecule has 98 valence electrons. The molecule has 1 atom stereocenters. The summed E-state index contributed by atoms with van der Waals surface area (Å²) in [7, 11) is 0. The number of nitrogens with one attached hydrogen (secondary N) is 1. The Balaban J connectivity index is 2.49. The Hall–Kier alpha value is -0.480. The molecule has 0 aliphatic carbocycles. The van der Waals surface area contributed by atoms with Crippen molar-refractivity contribution in [3.05, 3.63) is 12.0 Å². The Morgan fingerprint density at radius 2 is 2.18 bits per heavy atom. The minimum absolute atomic E-state index is 0.254. The molecule has 0 aliphatic rings. The van der Waals surface area contributed by atoms with E-state index in [-0.39, 0.29) is 5.41 Å². The second-order valence-corrected chi connectivity index (χ2v) is 6.41. The van der Waals surface area contributed by atoms with Crippen molar-refractivity contribution in [3.63, 3.8) is 0 Å². The van der Waals surface area contributed by atoms with Gasteiger partial charge in [0.05, 0.1) is 5.69 Å². The lowest BCUT2D eigenvalue weighted by atomic mass is 9.88. The molecule has 1 aromatic rings. The highest BCUT2D eigenvalue weighted by Gasteiger charge is 2.24. The Morgan fingerprint density at radius 3 is 2.65 bits per heavy atom. The molecule has 0 amide bonds. The highest BCUT2D eigenvalue weighted by molar-refractivity contribution is 7.99. The van der Waals surface area contributed by atoms with E-state index in [9.17, 15) is 0 Å². The first-order valence-electron chi connectivity index (χ1n) is 6.21. The molecule has 17 heavy (non-hydrogen) atoms. The van der Waals surface area contributed by atoms with Gasteiger partial charge >= 0.3 is 0 Å². The van der Waals surface area contributed by atoms with Gasteiger partial charge in [0, 0.05) is 11.8 Å². The predicted molar refractivity (Wildman–Crippen MR) is 73.5 cm³/mol. The van der Waals surface area contributed by atoms with Crippen molar-refractivity contribution in [3.8, 4) is 0 Å². The molecular formula is C13H24N2OS. The molecule has 1 N–H and O–H groups in total. The molecule has 0 bridgehead atoms. The summed E-state index contributed by atoms with van der Waals surface area (Å²) in [5.41, 5.74) is 1.20. The van der Waals surface area contributed by atoms with E-state index in [4.69, 9.17) is 4.42 Å². The van der Waals surface area contributed by atoms with Gasteiger partial charge in [-0.2, -0.15) is 0 Å². The number of hydrogen-bond donors (Lipinski definition) is 1. The van der Waals surface area contributed by atoms with E-state index < -0.39 is 0 Å². The Bertz CT molecular complexity index is 330. The number of hydrogen-bond acceptors (Lipinski definition) is 4. The summed E-state index contributed by atoms with van der Waals surface area (Å²) in [5.74, 6) is 0.990. The predicted octanol–water partition coefficient (Wildman–Crippen LogP) is 3.49. The zero-order valence-corrected chi connectivity index (χ0v) is 12.4. The topological polar surface area (TPSA) is 38.1 Å². The molecule has 0 radical (unpaired) electrons. The summed E-state index contributed by atoms with van der Waals surface area (Å²) in [6.07, 6.45) is 2.86. The van der Waals surface area contributed by atoms with Crippen LogP contribution in [0.3, 0.4) is 0 Å². The third-order valence-electron chi connectivity index (χ3n) is 2.66. The average molecular weight is 256 g/mol. The number of rotatable bonds is 6. The van der Waals surface area contributed by atoms with Crippen molar-refractivity contribution < 1.29 is 4.42 Å². The minimum Gasteiger partial charge on any atom is -0.440 e. The van der Waals surface area contributed by atoms with Gasteiger partial charge in [-0.15, -0.1) is 0 Å². The Labute approximate surface area is 109 Å². The smallest absolute Gasteiger partial charge is 0.255 e. The van der Waals surface area contributed by atoms with Gasteiger partial charge in [0.1, 0.15) is 6.26 Å². The fourth-order valence-electron chi connectivity index (χ4n) is 1.49. The third kappa shape index (κ3) is 5.13. The summed E-state index contributed by atoms with van der Waals surface area (Å²) < 4.78 is 5.36. The summed E-state index contributed by atoms with van der Waals surface area (Å²) in [4.78, 5) is 4.31. The Kier molecular flexibility index (Phi) is 5.53. The molecule has 3 nitrogen and oxygen atoms in total. The molecule has 0 saturated heterocycles. The number of aromatic nitrogens is 1. The molecule has 0 aliphatic heterocycles. The van der Waals surface area contributed by atoms with Gasteiger partial charge in [-0.05, 0) is 25.3 Å². The number of thioether (sulfide) groups is 1. The Morgan fingerprint density at radius 1 is 1.47 bits per heavy atom. The zero-order chi connectivity index (χ0) is 12.9. The van der Waals surface area contributed by atoms with Gasteiger partial charge in [-0.3, -0.25) is 0 Å². The van der Waals surface area contributed by atoms with Gasteiger partial charge in [0.2, 0.25) is 0 Å². The molecule has 1 aromatic heterocycles. The van der Waals surface area contributed by atoms with Gasteiger partial charge in [-0.25, -0.2) is 4.98 Å². The summed E-state index contributed by atoms with van der Waals surface area (Å²) in [6, 6.07) is 0.472. The molecule has 1 heterocycles. The second-order valence-electron chi connectivity index (χ2n) is 5.44. The number of oxazole rings is 1. The number of nitrogens with zero attached hydrogens (tertiary/aromatic N) is 1. The SMILES string of the molecule is CCCNC(CSc1nc(C)co1)C(C)(C)C. The molecule has 0 fully saturated rings. The molecule has 1 unspecified atom stereocenters. The van der Waals surface area contributed by atoms with Crippen LogP contribution in [0.1, 0.15) is 39.8 Å². The van der Waals surface area contributed by atoms with E-state index in [2.05, 4.69) is 38.0 Å². The maximum atomic E-state index is 5.36. The van der Waals surface area contributed by atoms with Crippen LogP contribution in [-0.4, -0.2) is 23.3 Å². The van der Waals surface area contributed by atoms with E-state index in [0.717, 1.165) is 29.6 Å². The maximum absolute atomic E-state index is 5.36. The fourth-order valence-corrected chi connectivity index (χ4v) is 2.74. The van der Waals surface area contributed by atoms with Crippen molar-refractivity contribution in [2.45, 2.75) is 52.3 Å². The first-order chi connectivity index (χ1) is 7.93. The molecule has 0 aromatic carbocycles. The first-order valence-corrected chi connectivity index (χ1v) is 7.20. The van der Waals surface area contributed by atoms with E-state index >= 15 is 0 Å². The summed E-state index contributed by atoms with van der Waals surface area (Å²) in [6.45, 7) is 12.0. The molecule has 0 spiro atoms. The van der Waals surface area contributed by atoms with Crippen LogP contribution in [0.25, 0.3) is 0 Å². The fraction of sp³-hybridized carbons (Fsp3) is 0.769. The third-order valence-corrected chi connectivity index (χ3v) is 3.59. The van der Waals surface area contributed by atoms with Gasteiger partial charge in [0.25, 0.3) is 5.22 Å². The van der Waals surface area contributed by atoms with Crippen LogP contribution in [0.4, 0.5) is 0 Å². The van der Waals surface area contributed by atoms with Crippen LogP contribution in [0, 0.1) is 12.3 Å². The monoisotopic (exact) mass is 256 g/mol. The van der Waals surface area contributed by atoms with Gasteiger partial charge in [-0.1, -0.05) is 39.5 Å². The van der Waals surface area contributed by atoms with Crippen LogP contribution < -0.4 is 5.32 Å². The molecule has 1 rings (SSSR count). The zero-order valence-electron chi connectivity index (χ0n) is 11.5. The standard InChI is InChI=1S/C13H24N2OS/c1-6-7-14-11(13(3,4)5)9-17-12-15-10(2)8-16-12/h8,11,14H,6-7,9H2,1-5H3. The number of aryl methyl sites for hydroxylation is 1. The second kappa shape index (κ2) is 6.45. The van der Waals surface area contributed by atoms with E-state index in [1.807, 2.05) is 6.92 Å². The van der Waals surface area contributed by atoms with Crippen molar-refractivity contribution in [1.29, 1.82) is 0 Å². The van der Waals surface area contributed by atoms with Gasteiger partial charge < -0.3 is 9.73 Å². The maximum Gasteiger partial charge on any atom is 0.255 e. The van der Waals surface area contributed by atoms with Crippen LogP contribution in [0.15, 0.2) is 15.9 Å². The normalized spacial score (nSPS) is 13.9. The average Bonchev–Trinajstić information content (AvgIpc) is 2.62. The van der Waals surface area contributed by atoms with Crippen molar-refractivity contribution in [1.82, 2.24) is 10.3 Å². The summed E-state index contributed by atoms with van der Waals surface area (Å²) >= 11 is 1.69. The highest BCUT2D eigenvalue weighted by Crippen LogP contribution is 2.26. The van der Waals surface area contributed by atoms with Crippen molar-refractivity contribution in [2.24, 2.45) is 5.41 Å². The van der Waals surface area contributed by atoms with Crippen LogP contribution >= 0.6 is 11.8 Å². The van der Waals surface area contributed by atoms with Crippen LogP contribution in [0.2, 0.25) is 0 Å². The molecule has 4 heteroatoms. The lowest BCUT2D eigenvalue weighted by Crippen LogP contribution is -2.42. The lowest BCUT2D eigenvalue weighted by Gasteiger charge is -2.31. The van der Waals surface area contributed by atoms with Crippen LogP contribution in [-0.2, 0) is 0 Å². The van der Waals surface area contributed by atoms with Crippen molar-refractivity contribution >= 4 is 11.8 Å².